The minimum Gasteiger partial charge on any atom is -0.362 e. The number of hydrogen-bond acceptors (Lipinski definition) is 2. The van der Waals surface area contributed by atoms with Crippen molar-refractivity contribution in [3.05, 3.63) is 59.7 Å². The van der Waals surface area contributed by atoms with Crippen LogP contribution in [0.2, 0.25) is 0 Å². The van der Waals surface area contributed by atoms with Crippen molar-refractivity contribution in [2.45, 2.75) is 59.9 Å². The third kappa shape index (κ3) is 6.91. The molecule has 0 aliphatic heterocycles. The van der Waals surface area contributed by atoms with Crippen LogP contribution < -0.4 is 21.3 Å². The monoisotopic (exact) mass is 468 g/mol. The second kappa shape index (κ2) is 10.2. The van der Waals surface area contributed by atoms with Gasteiger partial charge in [-0.2, -0.15) is 0 Å². The summed E-state index contributed by atoms with van der Waals surface area (Å²) in [6.07, 6.45) is 3.26. The highest BCUT2D eigenvalue weighted by Gasteiger charge is 2.41. The maximum atomic E-state index is 5.65. The fourth-order valence-corrected chi connectivity index (χ4v) is 5.56. The summed E-state index contributed by atoms with van der Waals surface area (Å²) in [7, 11) is 0. The van der Waals surface area contributed by atoms with Crippen molar-refractivity contribution in [1.82, 2.24) is 10.6 Å². The molecule has 1 aliphatic carbocycles. The molecular weight excluding hydrogens is 432 g/mol. The number of nitrogens with one attached hydrogen (secondary N) is 4. The van der Waals surface area contributed by atoms with Crippen molar-refractivity contribution in [3.63, 3.8) is 0 Å². The number of benzene rings is 2. The number of rotatable bonds is 5. The zero-order valence-corrected chi connectivity index (χ0v) is 21.5. The molecular formula is C26H36N4S2. The van der Waals surface area contributed by atoms with E-state index in [-0.39, 0.29) is 10.8 Å². The van der Waals surface area contributed by atoms with Crippen LogP contribution in [0.15, 0.2) is 48.5 Å². The Hall–Kier alpha value is -2.18. The van der Waals surface area contributed by atoms with Crippen molar-refractivity contribution >= 4 is 46.0 Å². The zero-order valence-electron chi connectivity index (χ0n) is 19.8. The highest BCUT2D eigenvalue weighted by atomic mass is 32.1. The van der Waals surface area contributed by atoms with E-state index in [0.717, 1.165) is 37.2 Å². The van der Waals surface area contributed by atoms with E-state index in [9.17, 15) is 0 Å². The topological polar surface area (TPSA) is 48.1 Å². The van der Waals surface area contributed by atoms with E-state index < -0.39 is 0 Å². The first kappa shape index (κ1) is 24.5. The smallest absolute Gasteiger partial charge is 0.171 e. The first-order valence-electron chi connectivity index (χ1n) is 11.3. The lowest BCUT2D eigenvalue weighted by Crippen LogP contribution is -2.51. The van der Waals surface area contributed by atoms with Gasteiger partial charge in [-0.15, -0.1) is 0 Å². The molecule has 0 spiro atoms. The van der Waals surface area contributed by atoms with E-state index >= 15 is 0 Å². The van der Waals surface area contributed by atoms with E-state index in [4.69, 9.17) is 24.4 Å². The number of aryl methyl sites for hydroxylation is 2. The molecule has 0 aromatic heterocycles. The summed E-state index contributed by atoms with van der Waals surface area (Å²) in [5.74, 6) is 0. The SMILES string of the molecule is Cc1ccccc1NC(=S)NC[C@@]1(C)C[C@@H](NC(=S)Nc2ccccc2C)CC(C)(C)C1. The van der Waals surface area contributed by atoms with E-state index in [0.29, 0.717) is 16.3 Å². The maximum absolute atomic E-state index is 5.65. The van der Waals surface area contributed by atoms with Crippen molar-refractivity contribution in [2.24, 2.45) is 10.8 Å². The molecule has 6 heteroatoms. The Morgan fingerprint density at radius 2 is 1.38 bits per heavy atom. The second-order valence-corrected chi connectivity index (χ2v) is 11.1. The van der Waals surface area contributed by atoms with Gasteiger partial charge in [-0.25, -0.2) is 0 Å². The third-order valence-corrected chi connectivity index (χ3v) is 6.71. The molecule has 0 amide bonds. The Balaban J connectivity index is 1.58. The molecule has 4 nitrogen and oxygen atoms in total. The van der Waals surface area contributed by atoms with Crippen molar-refractivity contribution in [3.8, 4) is 0 Å². The highest BCUT2D eigenvalue weighted by Crippen LogP contribution is 2.45. The zero-order chi connectivity index (χ0) is 23.4. The molecule has 2 aromatic rings. The summed E-state index contributed by atoms with van der Waals surface area (Å²) in [5.41, 5.74) is 4.79. The molecule has 1 fully saturated rings. The van der Waals surface area contributed by atoms with Gasteiger partial charge in [0, 0.05) is 24.0 Å². The molecule has 0 unspecified atom stereocenters. The van der Waals surface area contributed by atoms with E-state index in [1.54, 1.807) is 0 Å². The van der Waals surface area contributed by atoms with Gasteiger partial charge in [0.05, 0.1) is 0 Å². The van der Waals surface area contributed by atoms with Gasteiger partial charge in [-0.3, -0.25) is 0 Å². The Bertz CT molecular complexity index is 972. The van der Waals surface area contributed by atoms with Crippen LogP contribution >= 0.6 is 24.4 Å². The van der Waals surface area contributed by atoms with Gasteiger partial charge >= 0.3 is 0 Å². The maximum Gasteiger partial charge on any atom is 0.171 e. The molecule has 32 heavy (non-hydrogen) atoms. The van der Waals surface area contributed by atoms with Crippen LogP contribution in [0.1, 0.15) is 51.2 Å². The Morgan fingerprint density at radius 1 is 0.844 bits per heavy atom. The second-order valence-electron chi connectivity index (χ2n) is 10.3. The summed E-state index contributed by atoms with van der Waals surface area (Å²) in [6.45, 7) is 12.0. The normalized spacial score (nSPS) is 22.0. The molecule has 0 heterocycles. The first-order valence-corrected chi connectivity index (χ1v) is 12.1. The van der Waals surface area contributed by atoms with Crippen molar-refractivity contribution in [1.29, 1.82) is 0 Å². The van der Waals surface area contributed by atoms with Gasteiger partial charge in [-0.05, 0) is 91.6 Å². The van der Waals surface area contributed by atoms with Crippen LogP contribution in [-0.2, 0) is 0 Å². The molecule has 2 atom stereocenters. The Labute approximate surface area is 204 Å². The average Bonchev–Trinajstić information content (AvgIpc) is 2.68. The molecule has 4 N–H and O–H groups in total. The molecule has 0 saturated heterocycles. The van der Waals surface area contributed by atoms with Crippen molar-refractivity contribution in [2.75, 3.05) is 17.2 Å². The van der Waals surface area contributed by atoms with Gasteiger partial charge in [0.25, 0.3) is 0 Å². The number of para-hydroxylation sites is 2. The fraction of sp³-hybridized carbons (Fsp3) is 0.462. The quantitative estimate of drug-likeness (QED) is 0.394. The molecule has 0 radical (unpaired) electrons. The minimum absolute atomic E-state index is 0.106. The summed E-state index contributed by atoms with van der Waals surface area (Å²) in [6, 6.07) is 16.7. The molecule has 1 saturated carbocycles. The third-order valence-electron chi connectivity index (χ3n) is 6.24. The Kier molecular flexibility index (Phi) is 7.78. The van der Waals surface area contributed by atoms with Gasteiger partial charge in [-0.1, -0.05) is 57.2 Å². The molecule has 3 rings (SSSR count). The summed E-state index contributed by atoms with van der Waals surface area (Å²) in [5, 5.41) is 15.1. The van der Waals surface area contributed by atoms with Gasteiger partial charge in [0.2, 0.25) is 0 Å². The van der Waals surface area contributed by atoms with Crippen LogP contribution in [0.3, 0.4) is 0 Å². The van der Waals surface area contributed by atoms with E-state index in [1.807, 2.05) is 24.3 Å². The largest absolute Gasteiger partial charge is 0.362 e. The summed E-state index contributed by atoms with van der Waals surface area (Å²) in [4.78, 5) is 0. The number of hydrogen-bond donors (Lipinski definition) is 4. The van der Waals surface area contributed by atoms with Crippen LogP contribution in [-0.4, -0.2) is 22.8 Å². The lowest BCUT2D eigenvalue weighted by molar-refractivity contribution is 0.0807. The van der Waals surface area contributed by atoms with E-state index in [1.165, 1.54) is 11.1 Å². The standard InChI is InChI=1S/C26H36N4S2/c1-18-10-6-8-12-21(18)29-23(31)27-17-26(5)15-20(14-25(3,4)16-26)28-24(32)30-22-13-9-7-11-19(22)2/h6-13,20H,14-17H2,1-5H3,(H2,27,29,31)(H2,28,30,32)/t20-,26-/m0/s1. The van der Waals surface area contributed by atoms with E-state index in [2.05, 4.69) is 80.2 Å². The first-order chi connectivity index (χ1) is 15.1. The molecule has 2 aromatic carbocycles. The van der Waals surface area contributed by atoms with Crippen LogP contribution in [0.5, 0.6) is 0 Å². The van der Waals surface area contributed by atoms with Crippen LogP contribution in [0.4, 0.5) is 11.4 Å². The summed E-state index contributed by atoms with van der Waals surface area (Å²) >= 11 is 11.2. The predicted octanol–water partition coefficient (Wildman–Crippen LogP) is 6.16. The average molecular weight is 469 g/mol. The molecule has 1 aliphatic rings. The number of anilines is 2. The van der Waals surface area contributed by atoms with Crippen LogP contribution in [0, 0.1) is 24.7 Å². The fourth-order valence-electron chi connectivity index (χ4n) is 5.10. The minimum atomic E-state index is 0.106. The van der Waals surface area contributed by atoms with Gasteiger partial charge < -0.3 is 21.3 Å². The lowest BCUT2D eigenvalue weighted by atomic mass is 9.62. The summed E-state index contributed by atoms with van der Waals surface area (Å²) < 4.78 is 0. The van der Waals surface area contributed by atoms with Gasteiger partial charge in [0.1, 0.15) is 0 Å². The molecule has 0 bridgehead atoms. The van der Waals surface area contributed by atoms with Gasteiger partial charge in [0.15, 0.2) is 10.2 Å². The predicted molar refractivity (Wildman–Crippen MR) is 145 cm³/mol. The Morgan fingerprint density at radius 3 is 1.94 bits per heavy atom. The number of thiocarbonyl (C=S) groups is 2. The van der Waals surface area contributed by atoms with Crippen LogP contribution in [0.25, 0.3) is 0 Å². The highest BCUT2D eigenvalue weighted by molar-refractivity contribution is 7.80. The van der Waals surface area contributed by atoms with Crippen molar-refractivity contribution < 1.29 is 0 Å². The lowest BCUT2D eigenvalue weighted by Gasteiger charge is -2.47. The molecule has 172 valence electrons.